The van der Waals surface area contributed by atoms with Gasteiger partial charge in [0, 0.05) is 12.6 Å². The second kappa shape index (κ2) is 8.76. The number of anilines is 1. The van der Waals surface area contributed by atoms with Gasteiger partial charge in [-0.1, -0.05) is 18.2 Å². The molecule has 170 valence electrons. The quantitative estimate of drug-likeness (QED) is 0.681. The van der Waals surface area contributed by atoms with Crippen molar-refractivity contribution in [1.29, 1.82) is 0 Å². The van der Waals surface area contributed by atoms with Crippen molar-refractivity contribution < 1.29 is 9.13 Å². The third-order valence-electron chi connectivity index (χ3n) is 5.87. The average Bonchev–Trinajstić information content (AvgIpc) is 3.41. The van der Waals surface area contributed by atoms with Crippen LogP contribution in [0.15, 0.2) is 57.8 Å². The molecule has 32 heavy (non-hydrogen) atoms. The maximum absolute atomic E-state index is 13.3. The molecule has 3 atom stereocenters. The molecule has 1 fully saturated rings. The number of nitrogens with zero attached hydrogens (tertiary/aromatic N) is 3. The number of hydrogen-bond donors (Lipinski definition) is 1. The molecule has 0 aliphatic heterocycles. The third-order valence-corrected chi connectivity index (χ3v) is 5.87. The minimum Gasteiger partial charge on any atom is -0.491 e. The summed E-state index contributed by atoms with van der Waals surface area (Å²) < 4.78 is 21.7. The maximum atomic E-state index is 13.3. The van der Waals surface area contributed by atoms with Crippen molar-refractivity contribution in [3.05, 3.63) is 80.6 Å². The first-order valence-electron chi connectivity index (χ1n) is 11.0. The van der Waals surface area contributed by atoms with E-state index >= 15 is 0 Å². The van der Waals surface area contributed by atoms with Gasteiger partial charge in [0.1, 0.15) is 11.6 Å². The predicted octanol–water partition coefficient (Wildman–Crippen LogP) is 3.33. The topological polar surface area (TPSA) is 78.2 Å². The van der Waals surface area contributed by atoms with Gasteiger partial charge >= 0.3 is 11.4 Å². The highest BCUT2D eigenvalue weighted by molar-refractivity contribution is 5.33. The maximum Gasteiger partial charge on any atom is 0.355 e. The molecule has 0 bridgehead atoms. The number of fused-ring (bicyclic) bond motifs is 1. The first kappa shape index (κ1) is 22.0. The summed E-state index contributed by atoms with van der Waals surface area (Å²) >= 11 is 0. The Kier molecular flexibility index (Phi) is 6.04. The Labute approximate surface area is 186 Å². The molecule has 2 aliphatic rings. The van der Waals surface area contributed by atoms with Gasteiger partial charge in [-0.2, -0.15) is 4.98 Å². The summed E-state index contributed by atoms with van der Waals surface area (Å²) in [6.45, 7) is 8.29. The van der Waals surface area contributed by atoms with Crippen LogP contribution in [-0.4, -0.2) is 26.8 Å². The van der Waals surface area contributed by atoms with Gasteiger partial charge in [-0.25, -0.2) is 18.5 Å². The van der Waals surface area contributed by atoms with Crippen LogP contribution >= 0.6 is 0 Å². The molecule has 0 spiro atoms. The number of halogens is 1. The number of hydrogen-bond acceptors (Lipinski definition) is 5. The lowest BCUT2D eigenvalue weighted by molar-refractivity contribution is 0.156. The van der Waals surface area contributed by atoms with Gasteiger partial charge in [0.05, 0.1) is 12.6 Å². The van der Waals surface area contributed by atoms with Crippen LogP contribution in [0.25, 0.3) is 0 Å². The van der Waals surface area contributed by atoms with Crippen LogP contribution in [0.5, 0.6) is 0 Å². The molecule has 0 radical (unpaired) electrons. The first-order chi connectivity index (χ1) is 15.2. The van der Waals surface area contributed by atoms with Crippen molar-refractivity contribution in [3.63, 3.8) is 0 Å². The van der Waals surface area contributed by atoms with Gasteiger partial charge in [0.15, 0.2) is 0 Å². The molecule has 2 aliphatic carbocycles. The molecular formula is C24H29FN4O3. The Balaban J connectivity index is 1.56. The van der Waals surface area contributed by atoms with Crippen LogP contribution in [0.3, 0.4) is 0 Å². The van der Waals surface area contributed by atoms with E-state index in [-0.39, 0.29) is 30.5 Å². The number of ether oxygens (including phenoxy) is 1. The molecule has 2 aromatic rings. The van der Waals surface area contributed by atoms with E-state index in [1.165, 1.54) is 16.7 Å². The SMILES string of the molecule is CC(C)OC1=CC2C(C=C1)C2CNc1nc(=O)n(C(C)C)c(=O)n1Cc1ccc(F)cc1. The molecule has 4 rings (SSSR count). The molecule has 1 N–H and O–H groups in total. The van der Waals surface area contributed by atoms with Gasteiger partial charge in [0.2, 0.25) is 5.95 Å². The fourth-order valence-corrected chi connectivity index (χ4v) is 4.22. The molecule has 7 nitrogen and oxygen atoms in total. The van der Waals surface area contributed by atoms with E-state index in [4.69, 9.17) is 4.74 Å². The monoisotopic (exact) mass is 440 g/mol. The van der Waals surface area contributed by atoms with Gasteiger partial charge in [-0.05, 0) is 75.3 Å². The zero-order valence-corrected chi connectivity index (χ0v) is 18.8. The van der Waals surface area contributed by atoms with Crippen molar-refractivity contribution in [1.82, 2.24) is 14.1 Å². The van der Waals surface area contributed by atoms with Crippen molar-refractivity contribution in [2.45, 2.75) is 46.4 Å². The van der Waals surface area contributed by atoms with E-state index in [9.17, 15) is 14.0 Å². The lowest BCUT2D eigenvalue weighted by Gasteiger charge is -2.17. The number of aromatic nitrogens is 3. The minimum absolute atomic E-state index is 0.121. The lowest BCUT2D eigenvalue weighted by atomic mass is 10.2. The van der Waals surface area contributed by atoms with E-state index in [1.54, 1.807) is 26.0 Å². The third kappa shape index (κ3) is 4.54. The minimum atomic E-state index is -0.580. The highest BCUT2D eigenvalue weighted by atomic mass is 19.1. The molecule has 8 heteroatoms. The van der Waals surface area contributed by atoms with Crippen molar-refractivity contribution in [3.8, 4) is 0 Å². The van der Waals surface area contributed by atoms with Crippen LogP contribution in [0.2, 0.25) is 0 Å². The van der Waals surface area contributed by atoms with E-state index in [1.807, 2.05) is 19.9 Å². The Morgan fingerprint density at radius 1 is 1.12 bits per heavy atom. The Bertz CT molecular complexity index is 1160. The highest BCUT2D eigenvalue weighted by Crippen LogP contribution is 2.51. The second-order valence-electron chi connectivity index (χ2n) is 8.97. The fraction of sp³-hybridized carbons (Fsp3) is 0.458. The van der Waals surface area contributed by atoms with Gasteiger partial charge in [-0.3, -0.25) is 4.57 Å². The summed E-state index contributed by atoms with van der Waals surface area (Å²) in [6.07, 6.45) is 6.43. The van der Waals surface area contributed by atoms with Crippen molar-refractivity contribution in [2.24, 2.45) is 17.8 Å². The summed E-state index contributed by atoms with van der Waals surface area (Å²) in [4.78, 5) is 29.8. The van der Waals surface area contributed by atoms with E-state index < -0.39 is 11.4 Å². The highest BCUT2D eigenvalue weighted by Gasteiger charge is 2.48. The molecule has 1 aromatic heterocycles. The average molecular weight is 441 g/mol. The van der Waals surface area contributed by atoms with Crippen LogP contribution in [0.1, 0.15) is 39.3 Å². The van der Waals surface area contributed by atoms with Gasteiger partial charge < -0.3 is 10.1 Å². The Hall–Kier alpha value is -3.16. The summed E-state index contributed by atoms with van der Waals surface area (Å²) in [5.74, 6) is 1.89. The summed E-state index contributed by atoms with van der Waals surface area (Å²) in [6, 6.07) is 5.62. The van der Waals surface area contributed by atoms with Crippen molar-refractivity contribution in [2.75, 3.05) is 11.9 Å². The normalized spacial score (nSPS) is 21.5. The van der Waals surface area contributed by atoms with Crippen LogP contribution in [0, 0.1) is 23.6 Å². The number of rotatable bonds is 8. The Morgan fingerprint density at radius 2 is 1.84 bits per heavy atom. The van der Waals surface area contributed by atoms with E-state index in [0.29, 0.717) is 24.3 Å². The molecule has 0 amide bonds. The largest absolute Gasteiger partial charge is 0.491 e. The van der Waals surface area contributed by atoms with Crippen LogP contribution in [0.4, 0.5) is 10.3 Å². The van der Waals surface area contributed by atoms with Crippen molar-refractivity contribution >= 4 is 5.95 Å². The van der Waals surface area contributed by atoms with Crippen LogP contribution in [-0.2, 0) is 11.3 Å². The zero-order chi connectivity index (χ0) is 23.0. The number of allylic oxidation sites excluding steroid dienone is 3. The number of benzene rings is 1. The summed E-state index contributed by atoms with van der Waals surface area (Å²) in [5, 5.41) is 3.23. The van der Waals surface area contributed by atoms with E-state index in [0.717, 1.165) is 15.9 Å². The number of nitrogens with one attached hydrogen (secondary N) is 1. The first-order valence-corrected chi connectivity index (χ1v) is 11.0. The lowest BCUT2D eigenvalue weighted by Crippen LogP contribution is -2.44. The predicted molar refractivity (Wildman–Crippen MR) is 121 cm³/mol. The molecular weight excluding hydrogens is 411 g/mol. The standard InChI is InChI=1S/C24H29FN4O3/c1-14(2)29-23(30)27-22(28(24(29)31)13-16-5-7-17(25)8-6-16)26-12-21-19-10-9-18(11-20(19)21)32-15(3)4/h5-11,14-15,19-21H,12-13H2,1-4H3,(H,26,27,30). The fourth-order valence-electron chi connectivity index (χ4n) is 4.22. The molecule has 0 saturated heterocycles. The Morgan fingerprint density at radius 3 is 2.50 bits per heavy atom. The summed E-state index contributed by atoms with van der Waals surface area (Å²) in [5.41, 5.74) is -0.273. The van der Waals surface area contributed by atoms with E-state index in [2.05, 4.69) is 22.5 Å². The molecule has 1 aromatic carbocycles. The smallest absolute Gasteiger partial charge is 0.355 e. The molecule has 1 saturated carbocycles. The zero-order valence-electron chi connectivity index (χ0n) is 18.8. The second-order valence-corrected chi connectivity index (χ2v) is 8.97. The molecule has 3 unspecified atom stereocenters. The molecule has 1 heterocycles. The van der Waals surface area contributed by atoms with Gasteiger partial charge in [-0.15, -0.1) is 0 Å². The summed E-state index contributed by atoms with van der Waals surface area (Å²) in [7, 11) is 0. The van der Waals surface area contributed by atoms with Gasteiger partial charge in [0.25, 0.3) is 0 Å². The van der Waals surface area contributed by atoms with Crippen LogP contribution < -0.4 is 16.7 Å².